The molecule has 0 aromatic rings. The van der Waals surface area contributed by atoms with E-state index >= 15 is 0 Å². The van der Waals surface area contributed by atoms with Crippen LogP contribution < -0.4 is 5.32 Å². The van der Waals surface area contributed by atoms with Crippen LogP contribution in [0.5, 0.6) is 0 Å². The Hall–Kier alpha value is -0.0800. The summed E-state index contributed by atoms with van der Waals surface area (Å²) < 4.78 is 0. The molecule has 124 valence electrons. The highest BCUT2D eigenvalue weighted by Crippen LogP contribution is 2.32. The zero-order valence-electron chi connectivity index (χ0n) is 14.9. The number of nitrogens with one attached hydrogen (secondary N) is 1. The van der Waals surface area contributed by atoms with Gasteiger partial charge in [0.05, 0.1) is 0 Å². The van der Waals surface area contributed by atoms with E-state index in [-0.39, 0.29) is 0 Å². The summed E-state index contributed by atoms with van der Waals surface area (Å²) in [6.07, 6.45) is 11.2. The van der Waals surface area contributed by atoms with Gasteiger partial charge in [-0.3, -0.25) is 0 Å². The fourth-order valence-corrected chi connectivity index (χ4v) is 4.50. The molecule has 2 aliphatic rings. The van der Waals surface area contributed by atoms with Gasteiger partial charge in [0.2, 0.25) is 0 Å². The van der Waals surface area contributed by atoms with Crippen LogP contribution in [0, 0.1) is 17.8 Å². The molecule has 3 atom stereocenters. The Bertz CT molecular complexity index is 281. The zero-order chi connectivity index (χ0) is 15.2. The van der Waals surface area contributed by atoms with Gasteiger partial charge in [0.25, 0.3) is 0 Å². The number of hydrogen-bond acceptors (Lipinski definition) is 2. The Morgan fingerprint density at radius 2 is 1.62 bits per heavy atom. The van der Waals surface area contributed by atoms with Crippen molar-refractivity contribution in [3.05, 3.63) is 0 Å². The van der Waals surface area contributed by atoms with Crippen LogP contribution in [0.2, 0.25) is 0 Å². The third-order valence-electron chi connectivity index (χ3n) is 6.03. The van der Waals surface area contributed by atoms with Crippen molar-refractivity contribution in [3.63, 3.8) is 0 Å². The summed E-state index contributed by atoms with van der Waals surface area (Å²) in [5.41, 5.74) is 0. The smallest absolute Gasteiger partial charge is 0.0108 e. The molecule has 2 heteroatoms. The molecular weight excluding hydrogens is 256 g/mol. The van der Waals surface area contributed by atoms with E-state index in [4.69, 9.17) is 0 Å². The van der Waals surface area contributed by atoms with E-state index in [1.54, 1.807) is 0 Å². The number of nitrogens with zero attached hydrogens (tertiary/aromatic N) is 1. The van der Waals surface area contributed by atoms with Gasteiger partial charge in [0.1, 0.15) is 0 Å². The third-order valence-corrected chi connectivity index (χ3v) is 6.03. The highest BCUT2D eigenvalue weighted by molar-refractivity contribution is 4.87. The monoisotopic (exact) mass is 294 g/mol. The summed E-state index contributed by atoms with van der Waals surface area (Å²) in [4.78, 5) is 2.70. The molecule has 0 aromatic carbocycles. The molecule has 2 rings (SSSR count). The van der Waals surface area contributed by atoms with Gasteiger partial charge in [-0.05, 0) is 82.7 Å². The van der Waals surface area contributed by atoms with Gasteiger partial charge >= 0.3 is 0 Å². The number of rotatable bonds is 6. The van der Waals surface area contributed by atoms with Crippen LogP contribution in [0.1, 0.15) is 72.1 Å². The summed E-state index contributed by atoms with van der Waals surface area (Å²) >= 11 is 0. The van der Waals surface area contributed by atoms with Crippen molar-refractivity contribution in [2.24, 2.45) is 17.8 Å². The second-order valence-corrected chi connectivity index (χ2v) is 8.09. The summed E-state index contributed by atoms with van der Waals surface area (Å²) in [6.45, 7) is 9.66. The summed E-state index contributed by atoms with van der Waals surface area (Å²) in [7, 11) is 2.39. The standard InChI is InChI=1S/C19H38N2/c1-5-12-20-19-11-8-16(3)13-17(19)14-21(4)18-9-6-15(2)7-10-18/h15-20H,5-14H2,1-4H3. The van der Waals surface area contributed by atoms with Crippen molar-refractivity contribution in [1.29, 1.82) is 0 Å². The predicted octanol–water partition coefficient (Wildman–Crippen LogP) is 4.30. The van der Waals surface area contributed by atoms with Crippen molar-refractivity contribution in [2.75, 3.05) is 20.1 Å². The zero-order valence-corrected chi connectivity index (χ0v) is 14.9. The first-order valence-corrected chi connectivity index (χ1v) is 9.53. The van der Waals surface area contributed by atoms with E-state index in [1.807, 2.05) is 0 Å². The molecule has 0 aromatic heterocycles. The van der Waals surface area contributed by atoms with Crippen LogP contribution in [-0.2, 0) is 0 Å². The van der Waals surface area contributed by atoms with Gasteiger partial charge < -0.3 is 10.2 Å². The predicted molar refractivity (Wildman–Crippen MR) is 92.6 cm³/mol. The lowest BCUT2D eigenvalue weighted by molar-refractivity contribution is 0.109. The molecule has 0 amide bonds. The Balaban J connectivity index is 1.84. The minimum Gasteiger partial charge on any atom is -0.314 e. The lowest BCUT2D eigenvalue weighted by Gasteiger charge is -2.41. The average molecular weight is 295 g/mol. The van der Waals surface area contributed by atoms with Crippen molar-refractivity contribution in [3.8, 4) is 0 Å². The van der Waals surface area contributed by atoms with Crippen LogP contribution in [0.15, 0.2) is 0 Å². The maximum atomic E-state index is 3.83. The first-order valence-electron chi connectivity index (χ1n) is 9.53. The second-order valence-electron chi connectivity index (χ2n) is 8.09. The fraction of sp³-hybridized carbons (Fsp3) is 1.00. The molecule has 3 unspecified atom stereocenters. The minimum atomic E-state index is 0.770. The second kappa shape index (κ2) is 8.53. The third kappa shape index (κ3) is 5.25. The fourth-order valence-electron chi connectivity index (χ4n) is 4.50. The molecule has 0 saturated heterocycles. The van der Waals surface area contributed by atoms with Crippen LogP contribution in [0.3, 0.4) is 0 Å². The Morgan fingerprint density at radius 1 is 0.952 bits per heavy atom. The molecule has 21 heavy (non-hydrogen) atoms. The van der Waals surface area contributed by atoms with Crippen molar-refractivity contribution in [1.82, 2.24) is 10.2 Å². The maximum Gasteiger partial charge on any atom is 0.0108 e. The van der Waals surface area contributed by atoms with Gasteiger partial charge in [-0.15, -0.1) is 0 Å². The molecule has 2 aliphatic carbocycles. The summed E-state index contributed by atoms with van der Waals surface area (Å²) in [5, 5.41) is 3.83. The largest absolute Gasteiger partial charge is 0.314 e. The van der Waals surface area contributed by atoms with E-state index in [2.05, 4.69) is 38.0 Å². The SMILES string of the molecule is CCCNC1CCC(C)CC1CN(C)C1CCC(C)CC1. The first-order chi connectivity index (χ1) is 10.1. The van der Waals surface area contributed by atoms with Gasteiger partial charge in [-0.25, -0.2) is 0 Å². The Morgan fingerprint density at radius 3 is 2.29 bits per heavy atom. The molecule has 2 saturated carbocycles. The highest BCUT2D eigenvalue weighted by atomic mass is 15.1. The van der Waals surface area contributed by atoms with Crippen LogP contribution in [0.4, 0.5) is 0 Å². The molecule has 0 spiro atoms. The topological polar surface area (TPSA) is 15.3 Å². The van der Waals surface area contributed by atoms with E-state index in [1.165, 1.54) is 64.5 Å². The van der Waals surface area contributed by atoms with E-state index in [0.717, 1.165) is 29.8 Å². The first kappa shape index (κ1) is 17.3. The minimum absolute atomic E-state index is 0.770. The van der Waals surface area contributed by atoms with Crippen LogP contribution in [0.25, 0.3) is 0 Å². The van der Waals surface area contributed by atoms with E-state index < -0.39 is 0 Å². The quantitative estimate of drug-likeness (QED) is 0.785. The van der Waals surface area contributed by atoms with Crippen molar-refractivity contribution < 1.29 is 0 Å². The number of hydrogen-bond donors (Lipinski definition) is 1. The normalized spacial score (nSPS) is 37.9. The van der Waals surface area contributed by atoms with Crippen molar-refractivity contribution >= 4 is 0 Å². The molecule has 0 aliphatic heterocycles. The van der Waals surface area contributed by atoms with Gasteiger partial charge in [-0.1, -0.05) is 20.8 Å². The summed E-state index contributed by atoms with van der Waals surface area (Å²) in [5.74, 6) is 2.75. The summed E-state index contributed by atoms with van der Waals surface area (Å²) in [6, 6.07) is 1.62. The lowest BCUT2D eigenvalue weighted by Crippen LogP contribution is -2.47. The van der Waals surface area contributed by atoms with E-state index in [0.29, 0.717) is 0 Å². The van der Waals surface area contributed by atoms with Gasteiger partial charge in [0, 0.05) is 18.6 Å². The van der Waals surface area contributed by atoms with E-state index in [9.17, 15) is 0 Å². The molecular formula is C19H38N2. The van der Waals surface area contributed by atoms with Crippen LogP contribution >= 0.6 is 0 Å². The van der Waals surface area contributed by atoms with Gasteiger partial charge in [-0.2, -0.15) is 0 Å². The maximum absolute atomic E-state index is 3.83. The van der Waals surface area contributed by atoms with Crippen molar-refractivity contribution in [2.45, 2.75) is 84.2 Å². The molecule has 0 radical (unpaired) electrons. The Labute approximate surface area is 133 Å². The van der Waals surface area contributed by atoms with Crippen LogP contribution in [-0.4, -0.2) is 37.1 Å². The molecule has 0 bridgehead atoms. The Kier molecular flexibility index (Phi) is 7.01. The molecule has 2 fully saturated rings. The lowest BCUT2D eigenvalue weighted by atomic mass is 9.78. The molecule has 0 heterocycles. The average Bonchev–Trinajstić information content (AvgIpc) is 2.47. The molecule has 1 N–H and O–H groups in total. The highest BCUT2D eigenvalue weighted by Gasteiger charge is 2.31. The van der Waals surface area contributed by atoms with Gasteiger partial charge in [0.15, 0.2) is 0 Å². The molecule has 2 nitrogen and oxygen atoms in total.